The topological polar surface area (TPSA) is 29.9 Å². The lowest BCUT2D eigenvalue weighted by Gasteiger charge is -2.13. The minimum absolute atomic E-state index is 0.664. The molecule has 0 saturated heterocycles. The largest absolute Gasteiger partial charge is 0.329 e. The zero-order valence-corrected chi connectivity index (χ0v) is 9.55. The Labute approximate surface area is 89.3 Å². The van der Waals surface area contributed by atoms with Gasteiger partial charge in [0.25, 0.3) is 0 Å². The van der Waals surface area contributed by atoms with E-state index in [0.717, 1.165) is 16.8 Å². The van der Waals surface area contributed by atoms with Crippen LogP contribution in [0, 0.1) is 5.92 Å². The molecule has 1 unspecified atom stereocenters. The molecular weight excluding hydrogens is 194 g/mol. The van der Waals surface area contributed by atoms with Gasteiger partial charge in [-0.1, -0.05) is 11.8 Å². The van der Waals surface area contributed by atoms with Gasteiger partial charge in [0.15, 0.2) is 5.16 Å². The van der Waals surface area contributed by atoms with Crippen molar-refractivity contribution in [3.8, 4) is 0 Å². The van der Waals surface area contributed by atoms with Crippen LogP contribution in [-0.2, 0) is 7.05 Å². The Balaban J connectivity index is 1.83. The average Bonchev–Trinajstić information content (AvgIpc) is 2.93. The second kappa shape index (κ2) is 4.36. The predicted octanol–water partition coefficient (Wildman–Crippen LogP) is 1.51. The average molecular weight is 211 g/mol. The highest BCUT2D eigenvalue weighted by Crippen LogP contribution is 2.34. The van der Waals surface area contributed by atoms with Crippen LogP contribution in [0.5, 0.6) is 0 Å². The third kappa shape index (κ3) is 2.30. The lowest BCUT2D eigenvalue weighted by molar-refractivity contribution is 0.553. The van der Waals surface area contributed by atoms with E-state index in [1.165, 1.54) is 12.8 Å². The molecule has 1 saturated carbocycles. The van der Waals surface area contributed by atoms with Crippen molar-refractivity contribution >= 4 is 11.8 Å². The molecule has 1 fully saturated rings. The van der Waals surface area contributed by atoms with Crippen molar-refractivity contribution in [1.82, 2.24) is 14.9 Å². The fourth-order valence-corrected chi connectivity index (χ4v) is 2.78. The predicted molar refractivity (Wildman–Crippen MR) is 59.5 cm³/mol. The van der Waals surface area contributed by atoms with E-state index in [1.54, 1.807) is 0 Å². The molecule has 1 heterocycles. The first-order valence-electron chi connectivity index (χ1n) is 5.08. The summed E-state index contributed by atoms with van der Waals surface area (Å²) in [4.78, 5) is 4.30. The Hall–Kier alpha value is -0.480. The minimum atomic E-state index is 0.664. The Morgan fingerprint density at radius 3 is 3.00 bits per heavy atom. The maximum Gasteiger partial charge on any atom is 0.167 e. The highest BCUT2D eigenvalue weighted by molar-refractivity contribution is 7.99. The van der Waals surface area contributed by atoms with E-state index in [9.17, 15) is 0 Å². The molecule has 1 aromatic heterocycles. The summed E-state index contributed by atoms with van der Waals surface area (Å²) in [6, 6.07) is 0.664. The fraction of sp³-hybridized carbons (Fsp3) is 0.700. The Kier molecular flexibility index (Phi) is 3.13. The van der Waals surface area contributed by atoms with E-state index in [4.69, 9.17) is 0 Å². The zero-order valence-electron chi connectivity index (χ0n) is 8.73. The highest BCUT2D eigenvalue weighted by atomic mass is 32.2. The van der Waals surface area contributed by atoms with Gasteiger partial charge in [-0.3, -0.25) is 0 Å². The molecule has 1 atom stereocenters. The lowest BCUT2D eigenvalue weighted by atomic mass is 10.2. The first-order valence-corrected chi connectivity index (χ1v) is 6.07. The number of aromatic nitrogens is 2. The summed E-state index contributed by atoms with van der Waals surface area (Å²) < 4.78 is 2.07. The first kappa shape index (κ1) is 10.1. The summed E-state index contributed by atoms with van der Waals surface area (Å²) in [5.41, 5.74) is 0. The SMILES string of the molecule is CNC(CSc1nccn1C)C1CC1. The van der Waals surface area contributed by atoms with Crippen LogP contribution in [0.3, 0.4) is 0 Å². The molecule has 0 bridgehead atoms. The number of rotatable bonds is 5. The van der Waals surface area contributed by atoms with E-state index >= 15 is 0 Å². The molecular formula is C10H17N3S. The molecule has 78 valence electrons. The fourth-order valence-electron chi connectivity index (χ4n) is 1.61. The highest BCUT2D eigenvalue weighted by Gasteiger charge is 2.30. The van der Waals surface area contributed by atoms with Gasteiger partial charge < -0.3 is 9.88 Å². The van der Waals surface area contributed by atoms with Crippen LogP contribution in [0.1, 0.15) is 12.8 Å². The number of imidazole rings is 1. The number of hydrogen-bond donors (Lipinski definition) is 1. The summed E-state index contributed by atoms with van der Waals surface area (Å²) in [5.74, 6) is 2.04. The molecule has 1 N–H and O–H groups in total. The van der Waals surface area contributed by atoms with Crippen LogP contribution < -0.4 is 5.32 Å². The Morgan fingerprint density at radius 2 is 2.50 bits per heavy atom. The van der Waals surface area contributed by atoms with Crippen LogP contribution >= 0.6 is 11.8 Å². The van der Waals surface area contributed by atoms with Gasteiger partial charge in [-0.15, -0.1) is 0 Å². The molecule has 14 heavy (non-hydrogen) atoms. The van der Waals surface area contributed by atoms with E-state index in [2.05, 4.69) is 21.9 Å². The Morgan fingerprint density at radius 1 is 1.71 bits per heavy atom. The summed E-state index contributed by atoms with van der Waals surface area (Å²) in [6.45, 7) is 0. The van der Waals surface area contributed by atoms with Crippen LogP contribution in [0.25, 0.3) is 0 Å². The third-order valence-electron chi connectivity index (χ3n) is 2.73. The second-order valence-electron chi connectivity index (χ2n) is 3.86. The molecule has 1 aliphatic rings. The molecule has 2 rings (SSSR count). The molecule has 1 aromatic rings. The van der Waals surface area contributed by atoms with Crippen LogP contribution in [0.2, 0.25) is 0 Å². The first-order chi connectivity index (χ1) is 6.81. The van der Waals surface area contributed by atoms with Gasteiger partial charge in [-0.2, -0.15) is 0 Å². The molecule has 0 aromatic carbocycles. The van der Waals surface area contributed by atoms with E-state index in [1.807, 2.05) is 31.2 Å². The second-order valence-corrected chi connectivity index (χ2v) is 4.85. The molecule has 0 aliphatic heterocycles. The molecule has 3 nitrogen and oxygen atoms in total. The molecule has 0 radical (unpaired) electrons. The Bertz CT molecular complexity index is 293. The standard InChI is InChI=1S/C10H17N3S/c1-11-9(8-3-4-8)7-14-10-12-5-6-13(10)2/h5-6,8-9,11H,3-4,7H2,1-2H3. The minimum Gasteiger partial charge on any atom is -0.329 e. The van der Waals surface area contributed by atoms with Crippen molar-refractivity contribution in [3.63, 3.8) is 0 Å². The van der Waals surface area contributed by atoms with Crippen molar-refractivity contribution in [2.24, 2.45) is 13.0 Å². The van der Waals surface area contributed by atoms with Crippen molar-refractivity contribution < 1.29 is 0 Å². The maximum absolute atomic E-state index is 4.30. The van der Waals surface area contributed by atoms with Gasteiger partial charge in [0.05, 0.1) is 0 Å². The third-order valence-corrected chi connectivity index (χ3v) is 3.91. The van der Waals surface area contributed by atoms with Crippen LogP contribution in [0.15, 0.2) is 17.6 Å². The summed E-state index contributed by atoms with van der Waals surface area (Å²) in [6.07, 6.45) is 6.64. The summed E-state index contributed by atoms with van der Waals surface area (Å²) in [5, 5.41) is 4.50. The van der Waals surface area contributed by atoms with E-state index in [0.29, 0.717) is 6.04 Å². The lowest BCUT2D eigenvalue weighted by Crippen LogP contribution is -2.29. The molecule has 0 amide bonds. The van der Waals surface area contributed by atoms with Crippen LogP contribution in [-0.4, -0.2) is 28.4 Å². The number of nitrogens with zero attached hydrogens (tertiary/aromatic N) is 2. The van der Waals surface area contributed by atoms with Crippen molar-refractivity contribution in [1.29, 1.82) is 0 Å². The van der Waals surface area contributed by atoms with E-state index in [-0.39, 0.29) is 0 Å². The normalized spacial score (nSPS) is 18.4. The summed E-state index contributed by atoms with van der Waals surface area (Å²) >= 11 is 1.84. The van der Waals surface area contributed by atoms with Gasteiger partial charge in [0.1, 0.15) is 0 Å². The zero-order chi connectivity index (χ0) is 9.97. The smallest absolute Gasteiger partial charge is 0.167 e. The molecule has 0 spiro atoms. The maximum atomic E-state index is 4.30. The number of hydrogen-bond acceptors (Lipinski definition) is 3. The number of nitrogens with one attached hydrogen (secondary N) is 1. The number of thioether (sulfide) groups is 1. The quantitative estimate of drug-likeness (QED) is 0.749. The van der Waals surface area contributed by atoms with Crippen molar-refractivity contribution in [3.05, 3.63) is 12.4 Å². The van der Waals surface area contributed by atoms with Gasteiger partial charge in [-0.05, 0) is 25.8 Å². The van der Waals surface area contributed by atoms with Gasteiger partial charge in [-0.25, -0.2) is 4.98 Å². The van der Waals surface area contributed by atoms with Gasteiger partial charge >= 0.3 is 0 Å². The molecule has 4 heteroatoms. The monoisotopic (exact) mass is 211 g/mol. The van der Waals surface area contributed by atoms with Gasteiger partial charge in [0, 0.05) is 31.2 Å². The summed E-state index contributed by atoms with van der Waals surface area (Å²) in [7, 11) is 4.10. The van der Waals surface area contributed by atoms with Crippen molar-refractivity contribution in [2.75, 3.05) is 12.8 Å². The van der Waals surface area contributed by atoms with Gasteiger partial charge in [0.2, 0.25) is 0 Å². The van der Waals surface area contributed by atoms with Crippen molar-refractivity contribution in [2.45, 2.75) is 24.0 Å². The van der Waals surface area contributed by atoms with Crippen LogP contribution in [0.4, 0.5) is 0 Å². The number of aryl methyl sites for hydroxylation is 1. The van der Waals surface area contributed by atoms with E-state index < -0.39 is 0 Å². The molecule has 1 aliphatic carbocycles.